The highest BCUT2D eigenvalue weighted by molar-refractivity contribution is 7.15. The molecule has 0 bridgehead atoms. The van der Waals surface area contributed by atoms with Gasteiger partial charge in [0.25, 0.3) is 5.56 Å². The third-order valence-electron chi connectivity index (χ3n) is 4.21. The molecule has 114 valence electrons. The molecule has 0 fully saturated rings. The summed E-state index contributed by atoms with van der Waals surface area (Å²) >= 11 is 1.36. The summed E-state index contributed by atoms with van der Waals surface area (Å²) in [6.07, 6.45) is 3.37. The van der Waals surface area contributed by atoms with Gasteiger partial charge in [0.15, 0.2) is 0 Å². The Bertz CT molecular complexity index is 1280. The molecule has 0 saturated carbocycles. The number of aromatic nitrogens is 3. The highest BCUT2D eigenvalue weighted by Gasteiger charge is 2.09. The largest absolute Gasteiger partial charge is 0.291 e. The van der Waals surface area contributed by atoms with E-state index in [0.717, 1.165) is 27.1 Å². The zero-order chi connectivity index (χ0) is 16.1. The maximum absolute atomic E-state index is 12.5. The molecule has 0 spiro atoms. The lowest BCUT2D eigenvalue weighted by Crippen LogP contribution is -2.23. The minimum Gasteiger partial charge on any atom is -0.266 e. The Balaban J connectivity index is 1.96. The Morgan fingerprint density at radius 1 is 0.958 bits per heavy atom. The van der Waals surface area contributed by atoms with Gasteiger partial charge in [0.2, 0.25) is 4.96 Å². The van der Waals surface area contributed by atoms with Crippen LogP contribution in [0.4, 0.5) is 0 Å². The zero-order valence-corrected chi connectivity index (χ0v) is 13.3. The summed E-state index contributed by atoms with van der Waals surface area (Å²) < 4.78 is 2.00. The van der Waals surface area contributed by atoms with Gasteiger partial charge in [0.05, 0.1) is 4.53 Å². The standard InChI is InChI=1S/C19H11N3OS/c23-18-17(24-19-20-11-21-22(18)19)10-16-14-7-3-1-5-12(14)9-13-6-2-4-8-15(13)16/h1-11H/b17-10-. The summed E-state index contributed by atoms with van der Waals surface area (Å²) in [7, 11) is 0. The van der Waals surface area contributed by atoms with Gasteiger partial charge in [-0.3, -0.25) is 4.79 Å². The van der Waals surface area contributed by atoms with E-state index in [1.165, 1.54) is 22.2 Å². The average Bonchev–Trinajstić information content (AvgIpc) is 3.18. The van der Waals surface area contributed by atoms with Crippen molar-refractivity contribution in [1.82, 2.24) is 14.6 Å². The number of hydrogen-bond donors (Lipinski definition) is 0. The lowest BCUT2D eigenvalue weighted by Gasteiger charge is -2.07. The second-order valence-corrected chi connectivity index (χ2v) is 6.61. The first kappa shape index (κ1) is 13.4. The number of nitrogens with zero attached hydrogens (tertiary/aromatic N) is 3. The van der Waals surface area contributed by atoms with E-state index in [1.807, 2.05) is 30.3 Å². The molecule has 2 aromatic heterocycles. The molecule has 5 heteroatoms. The second-order valence-electron chi connectivity index (χ2n) is 5.60. The normalized spacial score (nSPS) is 12.6. The molecule has 5 rings (SSSR count). The van der Waals surface area contributed by atoms with Crippen LogP contribution in [0.5, 0.6) is 0 Å². The summed E-state index contributed by atoms with van der Waals surface area (Å²) in [5.74, 6) is 0. The van der Waals surface area contributed by atoms with Crippen molar-refractivity contribution in [3.63, 3.8) is 0 Å². The molecule has 0 unspecified atom stereocenters. The monoisotopic (exact) mass is 329 g/mol. The highest BCUT2D eigenvalue weighted by atomic mass is 32.1. The van der Waals surface area contributed by atoms with Gasteiger partial charge >= 0.3 is 0 Å². The van der Waals surface area contributed by atoms with E-state index in [2.05, 4.69) is 40.4 Å². The molecule has 3 aromatic carbocycles. The molecule has 0 atom stereocenters. The summed E-state index contributed by atoms with van der Waals surface area (Å²) in [4.78, 5) is 17.2. The minimum atomic E-state index is -0.121. The Morgan fingerprint density at radius 3 is 2.29 bits per heavy atom. The van der Waals surface area contributed by atoms with E-state index in [1.54, 1.807) is 0 Å². The number of rotatable bonds is 1. The third kappa shape index (κ3) is 1.88. The van der Waals surface area contributed by atoms with Crippen molar-refractivity contribution in [2.75, 3.05) is 0 Å². The fourth-order valence-electron chi connectivity index (χ4n) is 3.11. The van der Waals surface area contributed by atoms with Crippen LogP contribution in [-0.4, -0.2) is 14.6 Å². The van der Waals surface area contributed by atoms with Crippen LogP contribution in [-0.2, 0) is 0 Å². The van der Waals surface area contributed by atoms with Crippen molar-refractivity contribution in [3.05, 3.63) is 81.4 Å². The van der Waals surface area contributed by atoms with Crippen molar-refractivity contribution in [3.8, 4) is 0 Å². The van der Waals surface area contributed by atoms with Crippen LogP contribution in [0.1, 0.15) is 5.56 Å². The zero-order valence-electron chi connectivity index (χ0n) is 12.5. The molecule has 0 amide bonds. The van der Waals surface area contributed by atoms with Crippen molar-refractivity contribution in [2.45, 2.75) is 0 Å². The van der Waals surface area contributed by atoms with Gasteiger partial charge < -0.3 is 0 Å². The lowest BCUT2D eigenvalue weighted by molar-refractivity contribution is 0.932. The van der Waals surface area contributed by atoms with Gasteiger partial charge in [0, 0.05) is 0 Å². The smallest absolute Gasteiger partial charge is 0.266 e. The van der Waals surface area contributed by atoms with Gasteiger partial charge in [-0.25, -0.2) is 4.98 Å². The van der Waals surface area contributed by atoms with Gasteiger partial charge in [-0.15, -0.1) is 0 Å². The van der Waals surface area contributed by atoms with Gasteiger partial charge in [-0.2, -0.15) is 9.61 Å². The summed E-state index contributed by atoms with van der Waals surface area (Å²) in [5, 5.41) is 8.58. The van der Waals surface area contributed by atoms with Crippen molar-refractivity contribution in [2.24, 2.45) is 0 Å². The predicted octanol–water partition coefficient (Wildman–Crippen LogP) is 3.01. The Kier molecular flexibility index (Phi) is 2.78. The Labute approximate surface area is 140 Å². The molecule has 2 heterocycles. The van der Waals surface area contributed by atoms with Crippen molar-refractivity contribution in [1.29, 1.82) is 0 Å². The Hall–Kier alpha value is -3.05. The maximum atomic E-state index is 12.5. The molecular weight excluding hydrogens is 318 g/mol. The van der Waals surface area contributed by atoms with Gasteiger partial charge in [-0.1, -0.05) is 59.9 Å². The molecule has 5 aromatic rings. The first-order chi connectivity index (χ1) is 11.8. The van der Waals surface area contributed by atoms with E-state index in [9.17, 15) is 4.79 Å². The van der Waals surface area contributed by atoms with Crippen LogP contribution in [0.25, 0.3) is 32.6 Å². The molecule has 0 aliphatic rings. The van der Waals surface area contributed by atoms with E-state index in [-0.39, 0.29) is 5.56 Å². The Morgan fingerprint density at radius 2 is 1.62 bits per heavy atom. The molecule has 0 N–H and O–H groups in total. The van der Waals surface area contributed by atoms with E-state index < -0.39 is 0 Å². The predicted molar refractivity (Wildman–Crippen MR) is 97.4 cm³/mol. The molecular formula is C19H11N3OS. The first-order valence-corrected chi connectivity index (χ1v) is 8.38. The number of fused-ring (bicyclic) bond motifs is 3. The van der Waals surface area contributed by atoms with Crippen LogP contribution in [0, 0.1) is 0 Å². The molecule has 24 heavy (non-hydrogen) atoms. The SMILES string of the molecule is O=c1/c(=C/c2c3ccccc3cc3ccccc23)sc2ncnn12. The molecule has 0 saturated heterocycles. The third-order valence-corrected chi connectivity index (χ3v) is 5.18. The quantitative estimate of drug-likeness (QED) is 0.444. The maximum Gasteiger partial charge on any atom is 0.291 e. The number of thiazole rings is 1. The summed E-state index contributed by atoms with van der Waals surface area (Å²) in [6, 6.07) is 18.7. The summed E-state index contributed by atoms with van der Waals surface area (Å²) in [6.45, 7) is 0. The molecule has 0 radical (unpaired) electrons. The van der Waals surface area contributed by atoms with Crippen LogP contribution >= 0.6 is 11.3 Å². The van der Waals surface area contributed by atoms with Gasteiger partial charge in [0.1, 0.15) is 6.33 Å². The first-order valence-electron chi connectivity index (χ1n) is 7.56. The van der Waals surface area contributed by atoms with E-state index in [0.29, 0.717) is 9.49 Å². The highest BCUT2D eigenvalue weighted by Crippen LogP contribution is 2.28. The van der Waals surface area contributed by atoms with Crippen molar-refractivity contribution < 1.29 is 0 Å². The molecule has 0 aliphatic carbocycles. The van der Waals surface area contributed by atoms with E-state index in [4.69, 9.17) is 0 Å². The average molecular weight is 329 g/mol. The number of benzene rings is 3. The number of hydrogen-bond acceptors (Lipinski definition) is 4. The topological polar surface area (TPSA) is 47.3 Å². The van der Waals surface area contributed by atoms with Crippen LogP contribution in [0.2, 0.25) is 0 Å². The fraction of sp³-hybridized carbons (Fsp3) is 0. The minimum absolute atomic E-state index is 0.121. The van der Waals surface area contributed by atoms with Crippen LogP contribution in [0.15, 0.2) is 65.7 Å². The van der Waals surface area contributed by atoms with Crippen LogP contribution < -0.4 is 10.1 Å². The lowest BCUT2D eigenvalue weighted by atomic mass is 9.97. The second kappa shape index (κ2) is 4.97. The van der Waals surface area contributed by atoms with Crippen LogP contribution in [0.3, 0.4) is 0 Å². The summed E-state index contributed by atoms with van der Waals surface area (Å²) in [5.41, 5.74) is 0.940. The van der Waals surface area contributed by atoms with Gasteiger partial charge in [-0.05, 0) is 39.3 Å². The fourth-order valence-corrected chi connectivity index (χ4v) is 3.98. The molecule has 4 nitrogen and oxygen atoms in total. The van der Waals surface area contributed by atoms with E-state index >= 15 is 0 Å². The van der Waals surface area contributed by atoms with Crippen molar-refractivity contribution >= 4 is 43.9 Å². The molecule has 0 aliphatic heterocycles.